The molecule has 0 atom stereocenters. The van der Waals surface area contributed by atoms with Crippen molar-refractivity contribution in [2.45, 2.75) is 6.92 Å². The predicted octanol–water partition coefficient (Wildman–Crippen LogP) is 2.25. The van der Waals surface area contributed by atoms with Gasteiger partial charge in [0.15, 0.2) is 0 Å². The molecule has 0 radical (unpaired) electrons. The largest absolute Gasteiger partial charge is 0.353 e. The van der Waals surface area contributed by atoms with Gasteiger partial charge in [0, 0.05) is 31.9 Å². The van der Waals surface area contributed by atoms with E-state index < -0.39 is 0 Å². The zero-order valence-electron chi connectivity index (χ0n) is 11.5. The standard InChI is InChI=1S/C15H17FN4/c1-12-3-2-4-15(18-12)20-9-7-19(8-10-20)14-6-5-13(16)11-17-14/h2-6,11H,7-10H2,1H3. The lowest BCUT2D eigenvalue weighted by Crippen LogP contribution is -2.47. The maximum absolute atomic E-state index is 12.9. The van der Waals surface area contributed by atoms with Crippen LogP contribution in [0.4, 0.5) is 16.0 Å². The maximum Gasteiger partial charge on any atom is 0.141 e. The minimum Gasteiger partial charge on any atom is -0.353 e. The van der Waals surface area contributed by atoms with Gasteiger partial charge in [-0.2, -0.15) is 0 Å². The number of pyridine rings is 2. The summed E-state index contributed by atoms with van der Waals surface area (Å²) in [5, 5.41) is 0. The average molecular weight is 272 g/mol. The first-order valence-electron chi connectivity index (χ1n) is 6.77. The number of hydrogen-bond donors (Lipinski definition) is 0. The van der Waals surface area contributed by atoms with Crippen molar-refractivity contribution in [1.82, 2.24) is 9.97 Å². The van der Waals surface area contributed by atoms with E-state index in [0.717, 1.165) is 43.5 Å². The minimum atomic E-state index is -0.295. The van der Waals surface area contributed by atoms with Crippen molar-refractivity contribution in [2.24, 2.45) is 0 Å². The Hall–Kier alpha value is -2.17. The molecule has 3 heterocycles. The molecule has 0 amide bonds. The van der Waals surface area contributed by atoms with Crippen LogP contribution in [0.15, 0.2) is 36.5 Å². The molecule has 0 unspecified atom stereocenters. The Morgan fingerprint density at radius 1 is 0.950 bits per heavy atom. The summed E-state index contributed by atoms with van der Waals surface area (Å²) in [6, 6.07) is 9.26. The van der Waals surface area contributed by atoms with Crippen molar-refractivity contribution in [3.63, 3.8) is 0 Å². The van der Waals surface area contributed by atoms with Crippen LogP contribution in [-0.2, 0) is 0 Å². The van der Waals surface area contributed by atoms with Crippen LogP contribution in [0.5, 0.6) is 0 Å². The predicted molar refractivity (Wildman–Crippen MR) is 77.6 cm³/mol. The van der Waals surface area contributed by atoms with Crippen LogP contribution >= 0.6 is 0 Å². The zero-order chi connectivity index (χ0) is 13.9. The second-order valence-corrected chi connectivity index (χ2v) is 4.95. The van der Waals surface area contributed by atoms with Gasteiger partial charge in [0.2, 0.25) is 0 Å². The monoisotopic (exact) mass is 272 g/mol. The summed E-state index contributed by atoms with van der Waals surface area (Å²) in [7, 11) is 0. The number of nitrogens with zero attached hydrogens (tertiary/aromatic N) is 4. The summed E-state index contributed by atoms with van der Waals surface area (Å²) >= 11 is 0. The molecular formula is C15H17FN4. The third-order valence-electron chi connectivity index (χ3n) is 3.51. The van der Waals surface area contributed by atoms with Gasteiger partial charge in [0.05, 0.1) is 6.20 Å². The van der Waals surface area contributed by atoms with Gasteiger partial charge in [-0.25, -0.2) is 14.4 Å². The first-order valence-corrected chi connectivity index (χ1v) is 6.77. The molecular weight excluding hydrogens is 255 g/mol. The van der Waals surface area contributed by atoms with Crippen LogP contribution in [0, 0.1) is 12.7 Å². The Balaban J connectivity index is 1.66. The summed E-state index contributed by atoms with van der Waals surface area (Å²) < 4.78 is 12.9. The smallest absolute Gasteiger partial charge is 0.141 e. The Morgan fingerprint density at radius 2 is 1.65 bits per heavy atom. The number of hydrogen-bond acceptors (Lipinski definition) is 4. The molecule has 20 heavy (non-hydrogen) atoms. The lowest BCUT2D eigenvalue weighted by molar-refractivity contribution is 0.614. The summed E-state index contributed by atoms with van der Waals surface area (Å²) in [6.07, 6.45) is 1.27. The van der Waals surface area contributed by atoms with Crippen LogP contribution in [-0.4, -0.2) is 36.1 Å². The molecule has 0 bridgehead atoms. The molecule has 1 aliphatic heterocycles. The summed E-state index contributed by atoms with van der Waals surface area (Å²) in [5.74, 6) is 1.57. The Kier molecular flexibility index (Phi) is 3.50. The molecule has 1 fully saturated rings. The molecule has 0 aliphatic carbocycles. The number of anilines is 2. The number of halogens is 1. The van der Waals surface area contributed by atoms with Crippen LogP contribution in [0.2, 0.25) is 0 Å². The van der Waals surface area contributed by atoms with Gasteiger partial charge < -0.3 is 9.80 Å². The second-order valence-electron chi connectivity index (χ2n) is 4.95. The molecule has 1 aliphatic rings. The number of piperazine rings is 1. The van der Waals surface area contributed by atoms with Crippen LogP contribution < -0.4 is 9.80 Å². The summed E-state index contributed by atoms with van der Waals surface area (Å²) in [6.45, 7) is 5.54. The maximum atomic E-state index is 12.9. The molecule has 0 saturated carbocycles. The SMILES string of the molecule is Cc1cccc(N2CCN(c3ccc(F)cn3)CC2)n1. The lowest BCUT2D eigenvalue weighted by Gasteiger charge is -2.36. The van der Waals surface area contributed by atoms with Gasteiger partial charge >= 0.3 is 0 Å². The third-order valence-corrected chi connectivity index (χ3v) is 3.51. The topological polar surface area (TPSA) is 32.3 Å². The molecule has 0 aromatic carbocycles. The molecule has 0 spiro atoms. The Morgan fingerprint density at radius 3 is 2.25 bits per heavy atom. The van der Waals surface area contributed by atoms with E-state index in [1.165, 1.54) is 12.3 Å². The van der Waals surface area contributed by atoms with Gasteiger partial charge in [0.25, 0.3) is 0 Å². The fourth-order valence-corrected chi connectivity index (χ4v) is 2.42. The van der Waals surface area contributed by atoms with Crippen molar-refractivity contribution in [3.8, 4) is 0 Å². The van der Waals surface area contributed by atoms with E-state index in [1.54, 1.807) is 6.07 Å². The molecule has 3 rings (SSSR count). The highest BCUT2D eigenvalue weighted by atomic mass is 19.1. The fraction of sp³-hybridized carbons (Fsp3) is 0.333. The molecule has 2 aromatic heterocycles. The average Bonchev–Trinajstić information content (AvgIpc) is 2.48. The van der Waals surface area contributed by atoms with Crippen molar-refractivity contribution in [1.29, 1.82) is 0 Å². The van der Waals surface area contributed by atoms with E-state index in [-0.39, 0.29) is 5.82 Å². The molecule has 1 saturated heterocycles. The molecule has 104 valence electrons. The van der Waals surface area contributed by atoms with E-state index >= 15 is 0 Å². The van der Waals surface area contributed by atoms with E-state index in [2.05, 4.69) is 19.8 Å². The van der Waals surface area contributed by atoms with Crippen LogP contribution in [0.1, 0.15) is 5.69 Å². The van der Waals surface area contributed by atoms with Crippen LogP contribution in [0.25, 0.3) is 0 Å². The quantitative estimate of drug-likeness (QED) is 0.839. The normalized spacial score (nSPS) is 15.5. The molecule has 4 nitrogen and oxygen atoms in total. The van der Waals surface area contributed by atoms with Crippen molar-refractivity contribution >= 4 is 11.6 Å². The highest BCUT2D eigenvalue weighted by molar-refractivity contribution is 5.44. The lowest BCUT2D eigenvalue weighted by atomic mass is 10.3. The van der Waals surface area contributed by atoms with E-state index in [1.807, 2.05) is 25.1 Å². The number of aromatic nitrogens is 2. The van der Waals surface area contributed by atoms with Crippen molar-refractivity contribution in [3.05, 3.63) is 48.0 Å². The highest BCUT2D eigenvalue weighted by Crippen LogP contribution is 2.17. The van der Waals surface area contributed by atoms with Crippen molar-refractivity contribution in [2.75, 3.05) is 36.0 Å². The molecule has 0 N–H and O–H groups in total. The van der Waals surface area contributed by atoms with E-state index in [9.17, 15) is 4.39 Å². The number of rotatable bonds is 2. The van der Waals surface area contributed by atoms with E-state index in [4.69, 9.17) is 0 Å². The van der Waals surface area contributed by atoms with Gasteiger partial charge in [-0.3, -0.25) is 0 Å². The zero-order valence-corrected chi connectivity index (χ0v) is 11.5. The fourth-order valence-electron chi connectivity index (χ4n) is 2.42. The Bertz CT molecular complexity index is 577. The van der Waals surface area contributed by atoms with Gasteiger partial charge in [-0.15, -0.1) is 0 Å². The third kappa shape index (κ3) is 2.71. The first-order chi connectivity index (χ1) is 9.72. The minimum absolute atomic E-state index is 0.295. The summed E-state index contributed by atoms with van der Waals surface area (Å²) in [5.41, 5.74) is 1.03. The second kappa shape index (κ2) is 5.45. The van der Waals surface area contributed by atoms with Gasteiger partial charge in [-0.05, 0) is 31.2 Å². The number of aryl methyl sites for hydroxylation is 1. The van der Waals surface area contributed by atoms with Crippen molar-refractivity contribution < 1.29 is 4.39 Å². The van der Waals surface area contributed by atoms with Gasteiger partial charge in [0.1, 0.15) is 17.5 Å². The first kappa shape index (κ1) is 12.8. The molecule has 2 aromatic rings. The van der Waals surface area contributed by atoms with Gasteiger partial charge in [-0.1, -0.05) is 6.07 Å². The Labute approximate surface area is 117 Å². The molecule has 5 heteroatoms. The van der Waals surface area contributed by atoms with E-state index in [0.29, 0.717) is 0 Å². The van der Waals surface area contributed by atoms with Crippen LogP contribution in [0.3, 0.4) is 0 Å². The summed E-state index contributed by atoms with van der Waals surface area (Å²) in [4.78, 5) is 13.1. The highest BCUT2D eigenvalue weighted by Gasteiger charge is 2.18.